The number of unbranched alkanes of at least 4 members (excludes halogenated alkanes) is 1. The summed E-state index contributed by atoms with van der Waals surface area (Å²) in [4.78, 5) is 16.1. The number of hydrogen-bond acceptors (Lipinski definition) is 2. The summed E-state index contributed by atoms with van der Waals surface area (Å²) in [6.07, 6.45) is 2.92. The third kappa shape index (κ3) is 4.23. The molecule has 1 aromatic rings. The van der Waals surface area contributed by atoms with Gasteiger partial charge in [0.05, 0.1) is 0 Å². The Labute approximate surface area is 130 Å². The quantitative estimate of drug-likeness (QED) is 0.563. The zero-order chi connectivity index (χ0) is 14.4. The molecule has 3 nitrogen and oxygen atoms in total. The van der Waals surface area contributed by atoms with Gasteiger partial charge in [0.25, 0.3) is 0 Å². The fourth-order valence-corrected chi connectivity index (χ4v) is 3.07. The number of halogens is 1. The molecule has 0 radical (unpaired) electrons. The molecule has 0 bridgehead atoms. The molecule has 2 rings (SSSR count). The van der Waals surface area contributed by atoms with E-state index in [0.717, 1.165) is 44.2 Å². The number of likely N-dealkylation sites (tertiary alicyclic amines) is 1. The highest BCUT2D eigenvalue weighted by atomic mass is 79.9. The van der Waals surface area contributed by atoms with Crippen LogP contribution in [-0.2, 0) is 4.79 Å². The zero-order valence-corrected chi connectivity index (χ0v) is 13.7. The van der Waals surface area contributed by atoms with Gasteiger partial charge in [-0.3, -0.25) is 4.79 Å². The normalized spacial score (nSPS) is 18.6. The third-order valence-corrected chi connectivity index (χ3v) is 4.80. The third-order valence-electron chi connectivity index (χ3n) is 3.88. The largest absolute Gasteiger partial charge is 0.375 e. The van der Waals surface area contributed by atoms with Crippen molar-refractivity contribution in [3.8, 4) is 0 Å². The lowest BCUT2D eigenvalue weighted by Gasteiger charge is -2.20. The van der Waals surface area contributed by atoms with E-state index in [0.29, 0.717) is 11.8 Å². The van der Waals surface area contributed by atoms with Gasteiger partial charge in [-0.05, 0) is 30.9 Å². The van der Waals surface area contributed by atoms with Crippen LogP contribution in [-0.4, -0.2) is 42.8 Å². The van der Waals surface area contributed by atoms with Crippen LogP contribution in [0.5, 0.6) is 0 Å². The molecule has 0 spiro atoms. The van der Waals surface area contributed by atoms with Crippen LogP contribution in [0.25, 0.3) is 0 Å². The van der Waals surface area contributed by atoms with E-state index in [1.165, 1.54) is 5.69 Å². The summed E-state index contributed by atoms with van der Waals surface area (Å²) in [7, 11) is 2.12. The SMILES string of the molecule is CN(CCCCN1CC(CBr)CC1=O)c1ccccc1. The van der Waals surface area contributed by atoms with Crippen molar-refractivity contribution in [2.75, 3.05) is 36.9 Å². The summed E-state index contributed by atoms with van der Waals surface area (Å²) in [6, 6.07) is 10.4. The van der Waals surface area contributed by atoms with Crippen molar-refractivity contribution in [2.24, 2.45) is 5.92 Å². The van der Waals surface area contributed by atoms with Gasteiger partial charge in [0.1, 0.15) is 0 Å². The van der Waals surface area contributed by atoms with Gasteiger partial charge in [-0.1, -0.05) is 34.1 Å². The molecular formula is C16H23BrN2O. The average molecular weight is 339 g/mol. The van der Waals surface area contributed by atoms with E-state index < -0.39 is 0 Å². The van der Waals surface area contributed by atoms with Crippen molar-refractivity contribution >= 4 is 27.5 Å². The number of amides is 1. The molecule has 1 saturated heterocycles. The minimum absolute atomic E-state index is 0.325. The van der Waals surface area contributed by atoms with Gasteiger partial charge >= 0.3 is 0 Å². The van der Waals surface area contributed by atoms with Crippen LogP contribution in [0.2, 0.25) is 0 Å². The first-order valence-electron chi connectivity index (χ1n) is 7.30. The van der Waals surface area contributed by atoms with Gasteiger partial charge < -0.3 is 9.80 Å². The molecule has 1 aliphatic rings. The first kappa shape index (κ1) is 15.4. The Hall–Kier alpha value is -1.03. The van der Waals surface area contributed by atoms with Gasteiger partial charge in [-0.25, -0.2) is 0 Å². The molecule has 110 valence electrons. The fraction of sp³-hybridized carbons (Fsp3) is 0.562. The van der Waals surface area contributed by atoms with E-state index in [4.69, 9.17) is 0 Å². The lowest BCUT2D eigenvalue weighted by Crippen LogP contribution is -2.27. The van der Waals surface area contributed by atoms with Crippen molar-refractivity contribution < 1.29 is 4.79 Å². The molecule has 1 atom stereocenters. The molecule has 1 unspecified atom stereocenters. The minimum atomic E-state index is 0.325. The Morgan fingerprint density at radius 2 is 2.05 bits per heavy atom. The number of rotatable bonds is 7. The average Bonchev–Trinajstić information content (AvgIpc) is 2.85. The summed E-state index contributed by atoms with van der Waals surface area (Å²) in [5.74, 6) is 0.834. The Kier molecular flexibility index (Phi) is 5.89. The highest BCUT2D eigenvalue weighted by molar-refractivity contribution is 9.09. The Balaban J connectivity index is 1.66. The second kappa shape index (κ2) is 7.67. The van der Waals surface area contributed by atoms with E-state index in [1.54, 1.807) is 0 Å². The second-order valence-electron chi connectivity index (χ2n) is 5.53. The summed E-state index contributed by atoms with van der Waals surface area (Å²) in [5, 5.41) is 0.936. The lowest BCUT2D eigenvalue weighted by molar-refractivity contribution is -0.127. The van der Waals surface area contributed by atoms with E-state index >= 15 is 0 Å². The Morgan fingerprint density at radius 3 is 2.70 bits per heavy atom. The van der Waals surface area contributed by atoms with Crippen LogP contribution in [0.4, 0.5) is 5.69 Å². The molecule has 1 aromatic carbocycles. The summed E-state index contributed by atoms with van der Waals surface area (Å²) in [6.45, 7) is 2.87. The number of para-hydroxylation sites is 1. The molecule has 1 heterocycles. The standard InChI is InChI=1S/C16H23BrN2O/c1-18(15-7-3-2-4-8-15)9-5-6-10-19-13-14(12-17)11-16(19)20/h2-4,7-8,14H,5-6,9-13H2,1H3. The fourth-order valence-electron chi connectivity index (χ4n) is 2.64. The van der Waals surface area contributed by atoms with Crippen LogP contribution < -0.4 is 4.90 Å². The van der Waals surface area contributed by atoms with E-state index in [1.807, 2.05) is 11.0 Å². The molecule has 4 heteroatoms. The smallest absolute Gasteiger partial charge is 0.222 e. The molecule has 1 fully saturated rings. The highest BCUT2D eigenvalue weighted by Gasteiger charge is 2.27. The molecule has 0 aliphatic carbocycles. The van der Waals surface area contributed by atoms with Crippen LogP contribution in [0.3, 0.4) is 0 Å². The molecule has 20 heavy (non-hydrogen) atoms. The van der Waals surface area contributed by atoms with Gasteiger partial charge in [0.2, 0.25) is 5.91 Å². The zero-order valence-electron chi connectivity index (χ0n) is 12.1. The summed E-state index contributed by atoms with van der Waals surface area (Å²) >= 11 is 3.47. The molecule has 1 amide bonds. The first-order valence-corrected chi connectivity index (χ1v) is 8.42. The van der Waals surface area contributed by atoms with Crippen LogP contribution in [0.15, 0.2) is 30.3 Å². The number of hydrogen-bond donors (Lipinski definition) is 0. The minimum Gasteiger partial charge on any atom is -0.375 e. The Bertz CT molecular complexity index is 424. The monoisotopic (exact) mass is 338 g/mol. The maximum atomic E-state index is 11.8. The molecule has 0 N–H and O–H groups in total. The van der Waals surface area contributed by atoms with Crippen molar-refractivity contribution in [3.05, 3.63) is 30.3 Å². The van der Waals surface area contributed by atoms with E-state index in [2.05, 4.69) is 52.1 Å². The van der Waals surface area contributed by atoms with Gasteiger partial charge in [-0.15, -0.1) is 0 Å². The van der Waals surface area contributed by atoms with Gasteiger partial charge in [0.15, 0.2) is 0 Å². The predicted octanol–water partition coefficient (Wildman–Crippen LogP) is 3.15. The number of anilines is 1. The maximum absolute atomic E-state index is 11.8. The van der Waals surface area contributed by atoms with Crippen molar-refractivity contribution in [1.29, 1.82) is 0 Å². The number of carbonyl (C=O) groups excluding carboxylic acids is 1. The topological polar surface area (TPSA) is 23.6 Å². The van der Waals surface area contributed by atoms with Crippen LogP contribution in [0, 0.1) is 5.92 Å². The second-order valence-corrected chi connectivity index (χ2v) is 6.18. The van der Waals surface area contributed by atoms with Gasteiger partial charge in [-0.2, -0.15) is 0 Å². The first-order chi connectivity index (χ1) is 9.70. The number of benzene rings is 1. The molecule has 1 aliphatic heterocycles. The van der Waals surface area contributed by atoms with Gasteiger partial charge in [0, 0.05) is 44.1 Å². The number of alkyl halides is 1. The van der Waals surface area contributed by atoms with Crippen molar-refractivity contribution in [2.45, 2.75) is 19.3 Å². The van der Waals surface area contributed by atoms with Crippen LogP contribution >= 0.6 is 15.9 Å². The molecule has 0 aromatic heterocycles. The molecule has 0 saturated carbocycles. The van der Waals surface area contributed by atoms with Crippen LogP contribution in [0.1, 0.15) is 19.3 Å². The van der Waals surface area contributed by atoms with Crippen molar-refractivity contribution in [3.63, 3.8) is 0 Å². The summed E-state index contributed by atoms with van der Waals surface area (Å²) < 4.78 is 0. The van der Waals surface area contributed by atoms with E-state index in [9.17, 15) is 4.79 Å². The Morgan fingerprint density at radius 1 is 1.30 bits per heavy atom. The highest BCUT2D eigenvalue weighted by Crippen LogP contribution is 2.20. The number of nitrogens with zero attached hydrogens (tertiary/aromatic N) is 2. The maximum Gasteiger partial charge on any atom is 0.222 e. The predicted molar refractivity (Wildman–Crippen MR) is 87.4 cm³/mol. The molecular weight excluding hydrogens is 316 g/mol. The lowest BCUT2D eigenvalue weighted by atomic mass is 10.2. The van der Waals surface area contributed by atoms with Crippen molar-refractivity contribution in [1.82, 2.24) is 4.90 Å². The number of carbonyl (C=O) groups is 1. The summed E-state index contributed by atoms with van der Waals surface area (Å²) in [5.41, 5.74) is 1.25. The van der Waals surface area contributed by atoms with E-state index in [-0.39, 0.29) is 0 Å².